The van der Waals surface area contributed by atoms with Gasteiger partial charge in [-0.05, 0) is 43.9 Å². The Labute approximate surface area is 125 Å². The van der Waals surface area contributed by atoms with Crippen molar-refractivity contribution in [1.82, 2.24) is 10.2 Å². The number of likely N-dealkylation sites (tertiary alicyclic amines) is 1. The van der Waals surface area contributed by atoms with Crippen LogP contribution in [0, 0.1) is 12.7 Å². The number of carbonyl (C=O) groups excluding carboxylic acids is 1. The molecule has 1 aromatic rings. The van der Waals surface area contributed by atoms with Crippen LogP contribution in [-0.2, 0) is 11.3 Å². The highest BCUT2D eigenvalue weighted by Gasteiger charge is 2.27. The van der Waals surface area contributed by atoms with Crippen LogP contribution < -0.4 is 5.32 Å². The molecule has 0 atom stereocenters. The number of hydrogen-bond donors (Lipinski definition) is 2. The van der Waals surface area contributed by atoms with Crippen LogP contribution in [0.1, 0.15) is 30.9 Å². The molecule has 5 heteroatoms. The van der Waals surface area contributed by atoms with E-state index in [1.807, 2.05) is 17.9 Å². The third kappa shape index (κ3) is 4.79. The molecular weight excluding hydrogens is 271 g/mol. The molecule has 1 fully saturated rings. The summed E-state index contributed by atoms with van der Waals surface area (Å²) < 4.78 is 13.4. The number of nitrogens with zero attached hydrogens (tertiary/aromatic N) is 1. The number of aryl methyl sites for hydroxylation is 1. The van der Waals surface area contributed by atoms with Crippen molar-refractivity contribution in [1.29, 1.82) is 0 Å². The Kier molecular flexibility index (Phi) is 4.96. The smallest absolute Gasteiger partial charge is 0.234 e. The van der Waals surface area contributed by atoms with Gasteiger partial charge in [-0.2, -0.15) is 0 Å². The van der Waals surface area contributed by atoms with E-state index < -0.39 is 5.60 Å². The van der Waals surface area contributed by atoms with Crippen molar-refractivity contribution in [3.8, 4) is 0 Å². The molecule has 0 bridgehead atoms. The fraction of sp³-hybridized carbons (Fsp3) is 0.562. The Morgan fingerprint density at radius 1 is 1.43 bits per heavy atom. The minimum Gasteiger partial charge on any atom is -0.390 e. The zero-order valence-corrected chi connectivity index (χ0v) is 12.7. The molecule has 1 amide bonds. The average molecular weight is 294 g/mol. The highest BCUT2D eigenvalue weighted by atomic mass is 19.1. The van der Waals surface area contributed by atoms with Gasteiger partial charge in [-0.3, -0.25) is 9.69 Å². The maximum atomic E-state index is 13.4. The number of halogens is 1. The predicted octanol–water partition coefficient (Wildman–Crippen LogP) is 1.60. The van der Waals surface area contributed by atoms with E-state index in [2.05, 4.69) is 5.32 Å². The van der Waals surface area contributed by atoms with E-state index in [0.29, 0.717) is 31.5 Å². The Morgan fingerprint density at radius 3 is 2.71 bits per heavy atom. The number of carbonyl (C=O) groups is 1. The molecule has 0 saturated carbocycles. The molecule has 0 aliphatic carbocycles. The van der Waals surface area contributed by atoms with Gasteiger partial charge < -0.3 is 10.4 Å². The fourth-order valence-electron chi connectivity index (χ4n) is 2.40. The molecule has 2 rings (SSSR count). The SMILES string of the molecule is Cc1ccc(CNC(=O)CN2CCC(C)(O)CC2)cc1F. The van der Waals surface area contributed by atoms with Gasteiger partial charge in [0.1, 0.15) is 5.82 Å². The zero-order chi connectivity index (χ0) is 15.5. The summed E-state index contributed by atoms with van der Waals surface area (Å²) in [7, 11) is 0. The van der Waals surface area contributed by atoms with Gasteiger partial charge in [0.2, 0.25) is 5.91 Å². The third-order valence-corrected chi connectivity index (χ3v) is 4.03. The maximum Gasteiger partial charge on any atom is 0.234 e. The van der Waals surface area contributed by atoms with E-state index in [1.54, 1.807) is 13.0 Å². The lowest BCUT2D eigenvalue weighted by atomic mass is 9.94. The molecule has 0 aromatic heterocycles. The summed E-state index contributed by atoms with van der Waals surface area (Å²) in [6.45, 7) is 5.64. The van der Waals surface area contributed by atoms with Gasteiger partial charge in [-0.1, -0.05) is 12.1 Å². The highest BCUT2D eigenvalue weighted by Crippen LogP contribution is 2.20. The second-order valence-corrected chi connectivity index (χ2v) is 6.13. The minimum absolute atomic E-state index is 0.0717. The molecule has 116 valence electrons. The highest BCUT2D eigenvalue weighted by molar-refractivity contribution is 5.78. The fourth-order valence-corrected chi connectivity index (χ4v) is 2.40. The first-order valence-corrected chi connectivity index (χ1v) is 7.32. The Balaban J connectivity index is 1.76. The maximum absolute atomic E-state index is 13.4. The molecule has 0 spiro atoms. The molecule has 4 nitrogen and oxygen atoms in total. The monoisotopic (exact) mass is 294 g/mol. The minimum atomic E-state index is -0.605. The summed E-state index contributed by atoms with van der Waals surface area (Å²) in [5.41, 5.74) is 0.755. The van der Waals surface area contributed by atoms with Gasteiger partial charge in [-0.25, -0.2) is 4.39 Å². The van der Waals surface area contributed by atoms with E-state index in [4.69, 9.17) is 0 Å². The molecular formula is C16H23FN2O2. The van der Waals surface area contributed by atoms with Crippen LogP contribution in [-0.4, -0.2) is 41.1 Å². The average Bonchev–Trinajstić information content (AvgIpc) is 2.43. The molecule has 21 heavy (non-hydrogen) atoms. The van der Waals surface area contributed by atoms with Crippen molar-refractivity contribution in [2.45, 2.75) is 38.8 Å². The first-order chi connectivity index (χ1) is 9.85. The standard InChI is InChI=1S/C16H23FN2O2/c1-12-3-4-13(9-14(12)17)10-18-15(20)11-19-7-5-16(2,21)6-8-19/h3-4,9,21H,5-8,10-11H2,1-2H3,(H,18,20). The molecule has 1 aliphatic rings. The number of piperidine rings is 1. The molecule has 1 heterocycles. The predicted molar refractivity (Wildman–Crippen MR) is 79.3 cm³/mol. The van der Waals surface area contributed by atoms with Crippen molar-refractivity contribution < 1.29 is 14.3 Å². The van der Waals surface area contributed by atoms with Crippen molar-refractivity contribution in [3.05, 3.63) is 35.1 Å². The van der Waals surface area contributed by atoms with Gasteiger partial charge in [-0.15, -0.1) is 0 Å². The molecule has 0 radical (unpaired) electrons. The molecule has 1 aromatic carbocycles. The van der Waals surface area contributed by atoms with Gasteiger partial charge in [0.05, 0.1) is 12.1 Å². The lowest BCUT2D eigenvalue weighted by molar-refractivity contribution is -0.123. The van der Waals surface area contributed by atoms with Crippen molar-refractivity contribution in [2.24, 2.45) is 0 Å². The van der Waals surface area contributed by atoms with Gasteiger partial charge >= 0.3 is 0 Å². The zero-order valence-electron chi connectivity index (χ0n) is 12.7. The summed E-state index contributed by atoms with van der Waals surface area (Å²) in [5, 5.41) is 12.7. The molecule has 0 unspecified atom stereocenters. The van der Waals surface area contributed by atoms with Crippen molar-refractivity contribution >= 4 is 5.91 Å². The van der Waals surface area contributed by atoms with E-state index >= 15 is 0 Å². The molecule has 2 N–H and O–H groups in total. The van der Waals surface area contributed by atoms with Crippen LogP contribution in [0.5, 0.6) is 0 Å². The van der Waals surface area contributed by atoms with E-state index in [-0.39, 0.29) is 11.7 Å². The van der Waals surface area contributed by atoms with Gasteiger partial charge in [0.25, 0.3) is 0 Å². The first-order valence-electron chi connectivity index (χ1n) is 7.32. The number of aliphatic hydroxyl groups is 1. The van der Waals surface area contributed by atoms with Crippen molar-refractivity contribution in [3.63, 3.8) is 0 Å². The second kappa shape index (κ2) is 6.54. The van der Waals surface area contributed by atoms with E-state index in [0.717, 1.165) is 18.7 Å². The lowest BCUT2D eigenvalue weighted by Crippen LogP contribution is -2.46. The summed E-state index contributed by atoms with van der Waals surface area (Å²) >= 11 is 0. The topological polar surface area (TPSA) is 52.6 Å². The van der Waals surface area contributed by atoms with Crippen LogP contribution in [0.4, 0.5) is 4.39 Å². The van der Waals surface area contributed by atoms with E-state index in [9.17, 15) is 14.3 Å². The Hall–Kier alpha value is -1.46. The number of rotatable bonds is 4. The number of benzene rings is 1. The first kappa shape index (κ1) is 15.9. The van der Waals surface area contributed by atoms with Crippen LogP contribution in [0.2, 0.25) is 0 Å². The third-order valence-electron chi connectivity index (χ3n) is 4.03. The second-order valence-electron chi connectivity index (χ2n) is 6.13. The Bertz CT molecular complexity index is 507. The number of hydrogen-bond acceptors (Lipinski definition) is 3. The summed E-state index contributed by atoms with van der Waals surface area (Å²) in [4.78, 5) is 13.9. The molecule has 1 aliphatic heterocycles. The Morgan fingerprint density at radius 2 is 2.10 bits per heavy atom. The van der Waals surface area contributed by atoms with Gasteiger partial charge in [0, 0.05) is 19.6 Å². The van der Waals surface area contributed by atoms with E-state index in [1.165, 1.54) is 6.07 Å². The number of nitrogens with one attached hydrogen (secondary N) is 1. The summed E-state index contributed by atoms with van der Waals surface area (Å²) in [6, 6.07) is 4.98. The van der Waals surface area contributed by atoms with Crippen LogP contribution >= 0.6 is 0 Å². The quantitative estimate of drug-likeness (QED) is 0.887. The summed E-state index contributed by atoms with van der Waals surface area (Å²) in [5.74, 6) is -0.322. The largest absolute Gasteiger partial charge is 0.390 e. The van der Waals surface area contributed by atoms with Gasteiger partial charge in [0.15, 0.2) is 0 Å². The van der Waals surface area contributed by atoms with Crippen LogP contribution in [0.25, 0.3) is 0 Å². The molecule has 1 saturated heterocycles. The normalized spacial score (nSPS) is 18.5. The van der Waals surface area contributed by atoms with Crippen LogP contribution in [0.3, 0.4) is 0 Å². The van der Waals surface area contributed by atoms with Crippen molar-refractivity contribution in [2.75, 3.05) is 19.6 Å². The van der Waals surface area contributed by atoms with Crippen LogP contribution in [0.15, 0.2) is 18.2 Å². The number of amides is 1. The summed E-state index contributed by atoms with van der Waals surface area (Å²) in [6.07, 6.45) is 1.37. The lowest BCUT2D eigenvalue weighted by Gasteiger charge is -2.35.